The number of hydrogen-bond donors (Lipinski definition) is 0. The summed E-state index contributed by atoms with van der Waals surface area (Å²) in [4.78, 5) is 50.0. The molecule has 0 N–H and O–H groups in total. The van der Waals surface area contributed by atoms with Gasteiger partial charge in [0.15, 0.2) is 6.61 Å². The largest absolute Gasteiger partial charge is 0.457 e. The number of ether oxygens (including phenoxy) is 2. The van der Waals surface area contributed by atoms with Crippen molar-refractivity contribution in [3.05, 3.63) is 12.2 Å². The molecule has 0 aromatic carbocycles. The lowest BCUT2D eigenvalue weighted by molar-refractivity contribution is -0.172. The fourth-order valence-corrected chi connectivity index (χ4v) is 7.57. The fourth-order valence-electron chi connectivity index (χ4n) is 7.57. The number of esters is 2. The van der Waals surface area contributed by atoms with Gasteiger partial charge >= 0.3 is 11.9 Å². The van der Waals surface area contributed by atoms with Gasteiger partial charge in [-0.2, -0.15) is 0 Å². The number of ketones is 2. The van der Waals surface area contributed by atoms with Gasteiger partial charge in [-0.25, -0.2) is 4.79 Å². The molecular formula is C22H24O6. The van der Waals surface area contributed by atoms with Gasteiger partial charge in [0.25, 0.3) is 0 Å². The fraction of sp³-hybridized carbons (Fsp3) is 0.727. The maximum atomic E-state index is 12.7. The molecule has 148 valence electrons. The zero-order valence-electron chi connectivity index (χ0n) is 15.7. The van der Waals surface area contributed by atoms with Crippen LogP contribution in [0.5, 0.6) is 0 Å². The van der Waals surface area contributed by atoms with Crippen LogP contribution in [-0.2, 0) is 28.7 Å². The molecule has 0 aromatic rings. The first-order valence-corrected chi connectivity index (χ1v) is 10.6. The molecule has 0 radical (unpaired) electrons. The van der Waals surface area contributed by atoms with E-state index in [-0.39, 0.29) is 53.4 Å². The van der Waals surface area contributed by atoms with Crippen LogP contribution in [0.4, 0.5) is 0 Å². The van der Waals surface area contributed by atoms with E-state index in [2.05, 4.69) is 0 Å². The van der Waals surface area contributed by atoms with E-state index in [0.717, 1.165) is 32.1 Å². The summed E-state index contributed by atoms with van der Waals surface area (Å²) in [7, 11) is 0. The molecule has 6 aliphatic carbocycles. The predicted molar refractivity (Wildman–Crippen MR) is 94.6 cm³/mol. The Morgan fingerprint density at radius 1 is 1.04 bits per heavy atom. The Bertz CT molecular complexity index is 819. The number of carbonyl (C=O) groups is 4. The molecule has 6 nitrogen and oxygen atoms in total. The van der Waals surface area contributed by atoms with Crippen molar-refractivity contribution in [2.75, 3.05) is 6.61 Å². The number of hydrogen-bond acceptors (Lipinski definition) is 6. The summed E-state index contributed by atoms with van der Waals surface area (Å²) in [5.74, 6) is -1.46. The SMILES string of the molecule is O=C(COC(=O)C1CC2C(=O)C1C1C3C=CC(C3=O)C21)OC12CCC(CC1)C2. The summed E-state index contributed by atoms with van der Waals surface area (Å²) >= 11 is 0. The molecule has 6 heteroatoms. The standard InChI is InChI=1S/C22H24O6/c23-15(28-22-5-3-10(8-22)4-6-22)9-27-21(26)14-7-13-16-11-1-2-12(19(11)24)17(16)18(14)20(13)25/h1-2,10-14,16-18H,3-9H2. The lowest BCUT2D eigenvalue weighted by atomic mass is 9.69. The van der Waals surface area contributed by atoms with E-state index in [9.17, 15) is 19.2 Å². The molecule has 7 atom stereocenters. The van der Waals surface area contributed by atoms with Crippen molar-refractivity contribution in [2.24, 2.45) is 47.3 Å². The summed E-state index contributed by atoms with van der Waals surface area (Å²) in [5, 5.41) is 0. The molecule has 0 heterocycles. The average molecular weight is 384 g/mol. The molecule has 5 saturated carbocycles. The normalized spacial score (nSPS) is 49.1. The van der Waals surface area contributed by atoms with Crippen LogP contribution in [0.2, 0.25) is 0 Å². The molecule has 7 unspecified atom stereocenters. The highest BCUT2D eigenvalue weighted by Crippen LogP contribution is 2.64. The van der Waals surface area contributed by atoms with Crippen molar-refractivity contribution >= 4 is 23.5 Å². The molecule has 6 aliphatic rings. The summed E-state index contributed by atoms with van der Waals surface area (Å²) in [6, 6.07) is 0. The van der Waals surface area contributed by atoms with Gasteiger partial charge < -0.3 is 9.47 Å². The monoisotopic (exact) mass is 384 g/mol. The minimum atomic E-state index is -0.521. The van der Waals surface area contributed by atoms with E-state index in [1.54, 1.807) is 0 Å². The van der Waals surface area contributed by atoms with Gasteiger partial charge in [0.2, 0.25) is 0 Å². The van der Waals surface area contributed by atoms with Crippen LogP contribution < -0.4 is 0 Å². The second-order valence-corrected chi connectivity index (χ2v) is 9.78. The van der Waals surface area contributed by atoms with Crippen molar-refractivity contribution in [3.8, 4) is 0 Å². The third-order valence-corrected chi connectivity index (χ3v) is 8.61. The first-order valence-electron chi connectivity index (χ1n) is 10.6. The van der Waals surface area contributed by atoms with E-state index in [1.807, 2.05) is 12.2 Å². The van der Waals surface area contributed by atoms with Crippen LogP contribution in [0.3, 0.4) is 0 Å². The Kier molecular flexibility index (Phi) is 3.35. The van der Waals surface area contributed by atoms with Gasteiger partial charge in [-0.05, 0) is 56.3 Å². The number of carbonyl (C=O) groups excluding carboxylic acids is 4. The van der Waals surface area contributed by atoms with Gasteiger partial charge in [0.05, 0.1) is 5.92 Å². The van der Waals surface area contributed by atoms with E-state index < -0.39 is 23.8 Å². The van der Waals surface area contributed by atoms with Crippen LogP contribution in [0.1, 0.15) is 38.5 Å². The van der Waals surface area contributed by atoms with Crippen LogP contribution in [0.25, 0.3) is 0 Å². The van der Waals surface area contributed by atoms with Gasteiger partial charge in [-0.1, -0.05) is 12.2 Å². The molecule has 6 bridgehead atoms. The topological polar surface area (TPSA) is 86.7 Å². The first-order chi connectivity index (χ1) is 13.5. The molecular weight excluding hydrogens is 360 g/mol. The maximum absolute atomic E-state index is 12.7. The van der Waals surface area contributed by atoms with E-state index in [0.29, 0.717) is 12.3 Å². The Morgan fingerprint density at radius 2 is 1.75 bits per heavy atom. The smallest absolute Gasteiger partial charge is 0.344 e. The zero-order chi connectivity index (χ0) is 19.2. The minimum Gasteiger partial charge on any atom is -0.457 e. The summed E-state index contributed by atoms with van der Waals surface area (Å²) in [5.41, 5.74) is -0.334. The highest BCUT2D eigenvalue weighted by Gasteiger charge is 2.69. The van der Waals surface area contributed by atoms with Crippen LogP contribution in [0, 0.1) is 47.3 Å². The van der Waals surface area contributed by atoms with Crippen molar-refractivity contribution in [2.45, 2.75) is 44.1 Å². The molecule has 0 amide bonds. The Hall–Kier alpha value is -1.98. The minimum absolute atomic E-state index is 0.0500. The highest BCUT2D eigenvalue weighted by molar-refractivity contribution is 6.01. The van der Waals surface area contributed by atoms with Crippen LogP contribution in [-0.4, -0.2) is 35.7 Å². The van der Waals surface area contributed by atoms with E-state index in [4.69, 9.17) is 9.47 Å². The van der Waals surface area contributed by atoms with Crippen molar-refractivity contribution in [1.82, 2.24) is 0 Å². The Balaban J connectivity index is 1.10. The van der Waals surface area contributed by atoms with Crippen molar-refractivity contribution < 1.29 is 28.7 Å². The van der Waals surface area contributed by atoms with Gasteiger partial charge in [-0.3, -0.25) is 14.4 Å². The van der Waals surface area contributed by atoms with Gasteiger partial charge in [-0.15, -0.1) is 0 Å². The Labute approximate surface area is 163 Å². The lowest BCUT2D eigenvalue weighted by Gasteiger charge is -2.33. The second kappa shape index (κ2) is 5.55. The third kappa shape index (κ3) is 2.09. The molecule has 5 fully saturated rings. The molecule has 28 heavy (non-hydrogen) atoms. The molecule has 0 spiro atoms. The third-order valence-electron chi connectivity index (χ3n) is 8.61. The second-order valence-electron chi connectivity index (χ2n) is 9.78. The molecule has 6 rings (SSSR count). The molecule has 0 aliphatic heterocycles. The quantitative estimate of drug-likeness (QED) is 0.418. The number of allylic oxidation sites excluding steroid dienone is 2. The van der Waals surface area contributed by atoms with E-state index in [1.165, 1.54) is 0 Å². The molecule has 0 aromatic heterocycles. The van der Waals surface area contributed by atoms with Crippen molar-refractivity contribution in [1.29, 1.82) is 0 Å². The molecule has 0 saturated heterocycles. The number of rotatable bonds is 4. The highest BCUT2D eigenvalue weighted by atomic mass is 16.6. The van der Waals surface area contributed by atoms with Gasteiger partial charge in [0, 0.05) is 23.7 Å². The maximum Gasteiger partial charge on any atom is 0.344 e. The summed E-state index contributed by atoms with van der Waals surface area (Å²) in [6.45, 7) is -0.383. The van der Waals surface area contributed by atoms with Gasteiger partial charge in [0.1, 0.15) is 17.2 Å². The van der Waals surface area contributed by atoms with E-state index >= 15 is 0 Å². The average Bonchev–Trinajstić information content (AvgIpc) is 3.50. The van der Waals surface area contributed by atoms with Crippen molar-refractivity contribution in [3.63, 3.8) is 0 Å². The summed E-state index contributed by atoms with van der Waals surface area (Å²) in [6.07, 6.45) is 9.28. The number of Topliss-reactive ketones (excluding diaryl/α,β-unsaturated/α-hetero) is 2. The summed E-state index contributed by atoms with van der Waals surface area (Å²) < 4.78 is 11.0. The zero-order valence-corrected chi connectivity index (χ0v) is 15.7. The predicted octanol–water partition coefficient (Wildman–Crippen LogP) is 1.86. The lowest BCUT2D eigenvalue weighted by Crippen LogP contribution is -2.37. The number of fused-ring (bicyclic) bond motifs is 11. The first kappa shape index (κ1) is 16.9. The van der Waals surface area contributed by atoms with Crippen LogP contribution >= 0.6 is 0 Å². The van der Waals surface area contributed by atoms with Crippen LogP contribution in [0.15, 0.2) is 12.2 Å². The Morgan fingerprint density at radius 3 is 2.43 bits per heavy atom.